The van der Waals surface area contributed by atoms with E-state index in [1.807, 2.05) is 74.5 Å². The maximum atomic E-state index is 5.72. The van der Waals surface area contributed by atoms with E-state index >= 15 is 0 Å². The quantitative estimate of drug-likeness (QED) is 0.210. The fourth-order valence-corrected chi connectivity index (χ4v) is 3.01. The predicted octanol–water partition coefficient (Wildman–Crippen LogP) is 3.93. The maximum Gasteiger partial charge on any atom is 0.220 e. The summed E-state index contributed by atoms with van der Waals surface area (Å²) in [5.74, 6) is 1.46. The van der Waals surface area contributed by atoms with E-state index in [1.165, 1.54) is 0 Å². The van der Waals surface area contributed by atoms with Crippen LogP contribution in [0.3, 0.4) is 0 Å². The number of amidine groups is 1. The molecule has 0 fully saturated rings. The van der Waals surface area contributed by atoms with E-state index in [9.17, 15) is 0 Å². The number of nitrogens with zero attached hydrogens (tertiary/aromatic N) is 5. The van der Waals surface area contributed by atoms with Crippen molar-refractivity contribution < 1.29 is 0 Å². The van der Waals surface area contributed by atoms with E-state index in [2.05, 4.69) is 36.0 Å². The van der Waals surface area contributed by atoms with Crippen molar-refractivity contribution in [3.63, 3.8) is 0 Å². The summed E-state index contributed by atoms with van der Waals surface area (Å²) in [4.78, 5) is 13.1. The molecule has 0 bridgehead atoms. The molecule has 0 aliphatic rings. The number of aromatic amines is 1. The SMILES string of the molecule is C/C(=N\NC(=Nc1ccccc1)c1cnc(N)nc1C)c1cn[nH]c1Nc1ccccc1. The van der Waals surface area contributed by atoms with Crippen molar-refractivity contribution in [2.75, 3.05) is 11.1 Å². The lowest BCUT2D eigenvalue weighted by atomic mass is 10.2. The summed E-state index contributed by atoms with van der Waals surface area (Å²) in [6.07, 6.45) is 3.36. The van der Waals surface area contributed by atoms with Crippen LogP contribution in [0, 0.1) is 6.92 Å². The van der Waals surface area contributed by atoms with Crippen molar-refractivity contribution in [2.45, 2.75) is 13.8 Å². The summed E-state index contributed by atoms with van der Waals surface area (Å²) in [7, 11) is 0. The summed E-state index contributed by atoms with van der Waals surface area (Å²) in [5, 5.41) is 15.0. The third-order valence-corrected chi connectivity index (χ3v) is 4.65. The highest BCUT2D eigenvalue weighted by molar-refractivity contribution is 6.05. The van der Waals surface area contributed by atoms with Crippen molar-refractivity contribution >= 4 is 34.7 Å². The van der Waals surface area contributed by atoms with Crippen molar-refractivity contribution in [1.82, 2.24) is 25.6 Å². The van der Waals surface area contributed by atoms with E-state index in [-0.39, 0.29) is 5.95 Å². The number of nitrogens with one attached hydrogen (secondary N) is 3. The number of hydrogen-bond acceptors (Lipinski definition) is 7. The molecule has 0 spiro atoms. The molecule has 0 saturated heterocycles. The van der Waals surface area contributed by atoms with E-state index in [0.29, 0.717) is 22.8 Å². The Kier molecular flexibility index (Phi) is 6.17. The van der Waals surface area contributed by atoms with E-state index < -0.39 is 0 Å². The van der Waals surface area contributed by atoms with Gasteiger partial charge in [-0.05, 0) is 38.1 Å². The zero-order chi connectivity index (χ0) is 22.3. The first-order valence-corrected chi connectivity index (χ1v) is 9.99. The van der Waals surface area contributed by atoms with Crippen LogP contribution in [0.25, 0.3) is 0 Å². The van der Waals surface area contributed by atoms with Crippen LogP contribution in [-0.4, -0.2) is 31.7 Å². The van der Waals surface area contributed by atoms with Gasteiger partial charge in [-0.1, -0.05) is 36.4 Å². The summed E-state index contributed by atoms with van der Waals surface area (Å²) in [5.41, 5.74) is 13.4. The lowest BCUT2D eigenvalue weighted by Gasteiger charge is -2.10. The second kappa shape index (κ2) is 9.52. The number of nitrogens with two attached hydrogens (primary N) is 1. The molecule has 0 aliphatic carbocycles. The van der Waals surface area contributed by atoms with E-state index in [4.69, 9.17) is 10.7 Å². The monoisotopic (exact) mass is 425 g/mol. The molecule has 5 N–H and O–H groups in total. The topological polar surface area (TPSA) is 129 Å². The number of aromatic nitrogens is 4. The summed E-state index contributed by atoms with van der Waals surface area (Å²) < 4.78 is 0. The Bertz CT molecular complexity index is 1240. The van der Waals surface area contributed by atoms with Crippen molar-refractivity contribution in [3.8, 4) is 0 Å². The molecule has 2 heterocycles. The number of hydrazone groups is 1. The van der Waals surface area contributed by atoms with Crippen LogP contribution in [0.1, 0.15) is 23.7 Å². The molecule has 32 heavy (non-hydrogen) atoms. The highest BCUT2D eigenvalue weighted by atomic mass is 15.3. The molecular formula is C23H23N9. The van der Waals surface area contributed by atoms with Gasteiger partial charge in [-0.15, -0.1) is 0 Å². The minimum atomic E-state index is 0.208. The molecule has 0 atom stereocenters. The molecule has 0 saturated carbocycles. The maximum absolute atomic E-state index is 5.72. The summed E-state index contributed by atoms with van der Waals surface area (Å²) in [6.45, 7) is 3.74. The summed E-state index contributed by atoms with van der Waals surface area (Å²) >= 11 is 0. The second-order valence-corrected chi connectivity index (χ2v) is 6.98. The lowest BCUT2D eigenvalue weighted by molar-refractivity contribution is 1.00. The number of para-hydroxylation sites is 2. The molecule has 2 aromatic heterocycles. The van der Waals surface area contributed by atoms with E-state index in [0.717, 1.165) is 22.8 Å². The average Bonchev–Trinajstić information content (AvgIpc) is 3.26. The zero-order valence-electron chi connectivity index (χ0n) is 17.7. The Morgan fingerprint density at radius 3 is 2.41 bits per heavy atom. The zero-order valence-corrected chi connectivity index (χ0v) is 17.7. The van der Waals surface area contributed by atoms with Gasteiger partial charge in [0, 0.05) is 11.9 Å². The van der Waals surface area contributed by atoms with Crippen LogP contribution >= 0.6 is 0 Å². The minimum Gasteiger partial charge on any atom is -0.368 e. The smallest absolute Gasteiger partial charge is 0.220 e. The molecule has 9 heteroatoms. The normalized spacial score (nSPS) is 11.9. The standard InChI is InChI=1S/C23H23N9/c1-15-19(13-25-23(24)27-15)22(29-18-11-7-4-8-12-18)32-30-16(2)20-14-26-31-21(20)28-17-9-5-3-6-10-17/h3-14H,1-2H3,(H,29,32)(H2,24,25,27)(H2,26,28,31)/b30-16+. The molecule has 160 valence electrons. The number of H-pyrrole nitrogens is 1. The van der Waals surface area contributed by atoms with Gasteiger partial charge in [0.15, 0.2) is 5.84 Å². The molecule has 0 amide bonds. The molecule has 4 rings (SSSR count). The Labute approximate surface area is 185 Å². The predicted molar refractivity (Wildman–Crippen MR) is 127 cm³/mol. The number of anilines is 3. The highest BCUT2D eigenvalue weighted by Crippen LogP contribution is 2.19. The molecule has 9 nitrogen and oxygen atoms in total. The third-order valence-electron chi connectivity index (χ3n) is 4.65. The fraction of sp³-hybridized carbons (Fsp3) is 0.0870. The van der Waals surface area contributed by atoms with Crippen LogP contribution in [0.5, 0.6) is 0 Å². The number of aryl methyl sites for hydroxylation is 1. The second-order valence-electron chi connectivity index (χ2n) is 6.98. The van der Waals surface area contributed by atoms with Gasteiger partial charge in [0.05, 0.1) is 34.4 Å². The number of nitrogen functional groups attached to an aromatic ring is 1. The highest BCUT2D eigenvalue weighted by Gasteiger charge is 2.12. The average molecular weight is 426 g/mol. The van der Waals surface area contributed by atoms with Crippen LogP contribution in [-0.2, 0) is 0 Å². The van der Waals surface area contributed by atoms with Crippen LogP contribution in [0.15, 0.2) is 83.2 Å². The molecule has 0 aliphatic heterocycles. The van der Waals surface area contributed by atoms with Gasteiger partial charge in [-0.3, -0.25) is 10.5 Å². The minimum absolute atomic E-state index is 0.208. The van der Waals surface area contributed by atoms with Crippen molar-refractivity contribution in [2.24, 2.45) is 10.1 Å². The fourth-order valence-electron chi connectivity index (χ4n) is 3.01. The van der Waals surface area contributed by atoms with E-state index in [1.54, 1.807) is 12.4 Å². The largest absolute Gasteiger partial charge is 0.368 e. The Morgan fingerprint density at radius 1 is 0.969 bits per heavy atom. The van der Waals surface area contributed by atoms with Crippen molar-refractivity contribution in [3.05, 3.63) is 89.9 Å². The number of hydrogen-bond donors (Lipinski definition) is 4. The Hall–Kier alpha value is -4.53. The van der Waals surface area contributed by atoms with Crippen molar-refractivity contribution in [1.29, 1.82) is 0 Å². The van der Waals surface area contributed by atoms with Crippen LogP contribution < -0.4 is 16.5 Å². The molecular weight excluding hydrogens is 402 g/mol. The first-order valence-electron chi connectivity index (χ1n) is 9.99. The van der Waals surface area contributed by atoms with Gasteiger partial charge in [-0.2, -0.15) is 10.2 Å². The third kappa shape index (κ3) is 4.96. The van der Waals surface area contributed by atoms with Gasteiger partial charge in [0.2, 0.25) is 5.95 Å². The van der Waals surface area contributed by atoms with Gasteiger partial charge < -0.3 is 11.1 Å². The molecule has 4 aromatic rings. The molecule has 0 radical (unpaired) electrons. The van der Waals surface area contributed by atoms with Gasteiger partial charge >= 0.3 is 0 Å². The number of rotatable bonds is 6. The van der Waals surface area contributed by atoms with Gasteiger partial charge in [-0.25, -0.2) is 15.0 Å². The number of benzene rings is 2. The van der Waals surface area contributed by atoms with Gasteiger partial charge in [0.25, 0.3) is 0 Å². The van der Waals surface area contributed by atoms with Gasteiger partial charge in [0.1, 0.15) is 5.82 Å². The Balaban J connectivity index is 1.63. The first kappa shape index (κ1) is 20.7. The molecule has 2 aromatic carbocycles. The Morgan fingerprint density at radius 2 is 1.69 bits per heavy atom. The summed E-state index contributed by atoms with van der Waals surface area (Å²) in [6, 6.07) is 19.4. The molecule has 0 unspecified atom stereocenters. The first-order chi connectivity index (χ1) is 15.6. The number of aliphatic imine (C=N–C) groups is 1. The van der Waals surface area contributed by atoms with Crippen LogP contribution in [0.4, 0.5) is 23.1 Å². The van der Waals surface area contributed by atoms with Crippen LogP contribution in [0.2, 0.25) is 0 Å². The lowest BCUT2D eigenvalue weighted by Crippen LogP contribution is -2.22.